The second-order valence-electron chi connectivity index (χ2n) is 4.71. The van der Waals surface area contributed by atoms with Crippen LogP contribution in [0.25, 0.3) is 0 Å². The Bertz CT molecular complexity index is 539. The molecule has 0 aromatic carbocycles. The van der Waals surface area contributed by atoms with Crippen LogP contribution < -0.4 is 5.32 Å². The Balaban J connectivity index is 2.51. The standard InChI is InChI=1S/C15H21NOS/c1-6-16-14(15-9(2)7-8-18-15)13-10(3)11(4)17-12(13)5/h7-8,14,16H,6H2,1-5H3. The molecule has 0 aliphatic rings. The lowest BCUT2D eigenvalue weighted by molar-refractivity contribution is 0.494. The van der Waals surface area contributed by atoms with Crippen LogP contribution in [0, 0.1) is 27.7 Å². The van der Waals surface area contributed by atoms with Crippen LogP contribution in [0.15, 0.2) is 15.9 Å². The summed E-state index contributed by atoms with van der Waals surface area (Å²) in [6.45, 7) is 11.5. The van der Waals surface area contributed by atoms with E-state index in [2.05, 4.69) is 44.5 Å². The van der Waals surface area contributed by atoms with Gasteiger partial charge in [0.05, 0.1) is 6.04 Å². The largest absolute Gasteiger partial charge is 0.466 e. The van der Waals surface area contributed by atoms with Crippen molar-refractivity contribution in [3.8, 4) is 0 Å². The Morgan fingerprint density at radius 3 is 2.39 bits per heavy atom. The van der Waals surface area contributed by atoms with Crippen molar-refractivity contribution in [3.63, 3.8) is 0 Å². The van der Waals surface area contributed by atoms with Crippen molar-refractivity contribution in [2.24, 2.45) is 0 Å². The maximum Gasteiger partial charge on any atom is 0.106 e. The van der Waals surface area contributed by atoms with Crippen molar-refractivity contribution in [1.82, 2.24) is 5.32 Å². The van der Waals surface area contributed by atoms with Crippen molar-refractivity contribution in [1.29, 1.82) is 0 Å². The first-order valence-corrected chi connectivity index (χ1v) is 7.28. The third-order valence-corrected chi connectivity index (χ3v) is 4.56. The van der Waals surface area contributed by atoms with Gasteiger partial charge >= 0.3 is 0 Å². The van der Waals surface area contributed by atoms with E-state index in [0.29, 0.717) is 0 Å². The fraction of sp³-hybridized carbons (Fsp3) is 0.467. The Hall–Kier alpha value is -1.06. The van der Waals surface area contributed by atoms with Crippen LogP contribution >= 0.6 is 11.3 Å². The summed E-state index contributed by atoms with van der Waals surface area (Å²) in [5, 5.41) is 5.75. The molecule has 3 heteroatoms. The molecule has 2 aromatic heterocycles. The lowest BCUT2D eigenvalue weighted by Gasteiger charge is -2.18. The van der Waals surface area contributed by atoms with Crippen molar-refractivity contribution in [2.75, 3.05) is 6.54 Å². The molecule has 0 bridgehead atoms. The fourth-order valence-corrected chi connectivity index (χ4v) is 3.45. The number of furan rings is 1. The predicted molar refractivity (Wildman–Crippen MR) is 77.5 cm³/mol. The summed E-state index contributed by atoms with van der Waals surface area (Å²) in [7, 11) is 0. The summed E-state index contributed by atoms with van der Waals surface area (Å²) in [4.78, 5) is 1.39. The van der Waals surface area contributed by atoms with E-state index in [-0.39, 0.29) is 6.04 Å². The van der Waals surface area contributed by atoms with E-state index in [1.807, 2.05) is 18.3 Å². The molecular formula is C15H21NOS. The lowest BCUT2D eigenvalue weighted by Crippen LogP contribution is -2.22. The number of hydrogen-bond acceptors (Lipinski definition) is 3. The molecule has 1 atom stereocenters. The molecule has 0 radical (unpaired) electrons. The molecule has 0 spiro atoms. The van der Waals surface area contributed by atoms with Crippen LogP contribution in [0.4, 0.5) is 0 Å². The van der Waals surface area contributed by atoms with E-state index in [9.17, 15) is 0 Å². The Kier molecular flexibility index (Phi) is 3.93. The highest BCUT2D eigenvalue weighted by atomic mass is 32.1. The smallest absolute Gasteiger partial charge is 0.106 e. The van der Waals surface area contributed by atoms with Gasteiger partial charge in [0.15, 0.2) is 0 Å². The van der Waals surface area contributed by atoms with Gasteiger partial charge in [-0.15, -0.1) is 11.3 Å². The summed E-state index contributed by atoms with van der Waals surface area (Å²) in [5.74, 6) is 2.06. The Labute approximate surface area is 113 Å². The van der Waals surface area contributed by atoms with Gasteiger partial charge in [-0.1, -0.05) is 6.92 Å². The van der Waals surface area contributed by atoms with Gasteiger partial charge in [0, 0.05) is 10.4 Å². The molecule has 0 saturated carbocycles. The third kappa shape index (κ3) is 2.25. The molecule has 2 rings (SSSR count). The molecule has 1 unspecified atom stereocenters. The van der Waals surface area contributed by atoms with Crippen LogP contribution in [0.3, 0.4) is 0 Å². The molecule has 2 heterocycles. The van der Waals surface area contributed by atoms with Gasteiger partial charge < -0.3 is 9.73 Å². The zero-order valence-electron chi connectivity index (χ0n) is 11.8. The first-order chi connectivity index (χ1) is 8.56. The number of rotatable bonds is 4. The summed E-state index contributed by atoms with van der Waals surface area (Å²) in [6, 6.07) is 2.44. The van der Waals surface area contributed by atoms with Crippen LogP contribution in [0.2, 0.25) is 0 Å². The zero-order valence-corrected chi connectivity index (χ0v) is 12.6. The summed E-state index contributed by atoms with van der Waals surface area (Å²) in [6.07, 6.45) is 0. The van der Waals surface area contributed by atoms with Crippen LogP contribution in [0.1, 0.15) is 46.1 Å². The summed E-state index contributed by atoms with van der Waals surface area (Å²) < 4.78 is 5.78. The minimum absolute atomic E-state index is 0.257. The second-order valence-corrected chi connectivity index (χ2v) is 5.66. The molecule has 2 nitrogen and oxygen atoms in total. The van der Waals surface area contributed by atoms with Gasteiger partial charge in [-0.2, -0.15) is 0 Å². The molecule has 0 aliphatic carbocycles. The Morgan fingerprint density at radius 1 is 1.22 bits per heavy atom. The minimum atomic E-state index is 0.257. The monoisotopic (exact) mass is 263 g/mol. The number of aryl methyl sites for hydroxylation is 3. The maximum absolute atomic E-state index is 5.78. The highest BCUT2D eigenvalue weighted by Gasteiger charge is 2.23. The average Bonchev–Trinajstić information content (AvgIpc) is 2.83. The molecule has 2 aromatic rings. The van der Waals surface area contributed by atoms with Crippen molar-refractivity contribution >= 4 is 11.3 Å². The molecule has 98 valence electrons. The average molecular weight is 263 g/mol. The number of thiophene rings is 1. The minimum Gasteiger partial charge on any atom is -0.466 e. The summed E-state index contributed by atoms with van der Waals surface area (Å²) in [5.41, 5.74) is 3.93. The first-order valence-electron chi connectivity index (χ1n) is 6.40. The fourth-order valence-electron chi connectivity index (χ4n) is 2.44. The van der Waals surface area contributed by atoms with Gasteiger partial charge in [0.1, 0.15) is 11.5 Å². The van der Waals surface area contributed by atoms with E-state index in [0.717, 1.165) is 18.1 Å². The molecule has 1 N–H and O–H groups in total. The highest BCUT2D eigenvalue weighted by Crippen LogP contribution is 2.35. The van der Waals surface area contributed by atoms with Gasteiger partial charge in [-0.3, -0.25) is 0 Å². The van der Waals surface area contributed by atoms with Crippen molar-refractivity contribution in [3.05, 3.63) is 44.5 Å². The van der Waals surface area contributed by atoms with Crippen molar-refractivity contribution in [2.45, 2.75) is 40.7 Å². The molecule has 0 fully saturated rings. The molecule has 0 saturated heterocycles. The normalized spacial score (nSPS) is 12.9. The molecule has 18 heavy (non-hydrogen) atoms. The third-order valence-electron chi connectivity index (χ3n) is 3.48. The second kappa shape index (κ2) is 5.29. The van der Waals surface area contributed by atoms with E-state index in [1.165, 1.54) is 21.6 Å². The van der Waals surface area contributed by atoms with Crippen LogP contribution in [-0.4, -0.2) is 6.54 Å². The Morgan fingerprint density at radius 2 is 1.94 bits per heavy atom. The van der Waals surface area contributed by atoms with Crippen molar-refractivity contribution < 1.29 is 4.42 Å². The van der Waals surface area contributed by atoms with Crippen LogP contribution in [0.5, 0.6) is 0 Å². The predicted octanol–water partition coefficient (Wildman–Crippen LogP) is 4.27. The summed E-state index contributed by atoms with van der Waals surface area (Å²) >= 11 is 1.81. The quantitative estimate of drug-likeness (QED) is 0.891. The van der Waals surface area contributed by atoms with Crippen LogP contribution in [-0.2, 0) is 0 Å². The van der Waals surface area contributed by atoms with Gasteiger partial charge in [-0.05, 0) is 56.8 Å². The topological polar surface area (TPSA) is 25.2 Å². The van der Waals surface area contributed by atoms with Gasteiger partial charge in [0.25, 0.3) is 0 Å². The number of hydrogen-bond donors (Lipinski definition) is 1. The van der Waals surface area contributed by atoms with E-state index < -0.39 is 0 Å². The van der Waals surface area contributed by atoms with E-state index in [4.69, 9.17) is 4.42 Å². The highest BCUT2D eigenvalue weighted by molar-refractivity contribution is 7.10. The lowest BCUT2D eigenvalue weighted by atomic mass is 9.99. The zero-order chi connectivity index (χ0) is 13.3. The van der Waals surface area contributed by atoms with Gasteiger partial charge in [-0.25, -0.2) is 0 Å². The van der Waals surface area contributed by atoms with Gasteiger partial charge in [0.2, 0.25) is 0 Å². The molecular weight excluding hydrogens is 242 g/mol. The molecule has 0 aliphatic heterocycles. The van der Waals surface area contributed by atoms with E-state index in [1.54, 1.807) is 0 Å². The first kappa shape index (κ1) is 13.4. The maximum atomic E-state index is 5.78. The SMILES string of the molecule is CCNC(c1sccc1C)c1c(C)oc(C)c1C. The molecule has 0 amide bonds. The number of nitrogens with one attached hydrogen (secondary N) is 1. The van der Waals surface area contributed by atoms with E-state index >= 15 is 0 Å².